The Morgan fingerprint density at radius 2 is 1.96 bits per heavy atom. The summed E-state index contributed by atoms with van der Waals surface area (Å²) < 4.78 is 5.80. The molecule has 2 aliphatic rings. The van der Waals surface area contributed by atoms with Crippen LogP contribution in [0.25, 0.3) is 0 Å². The molecular formula is C18H34Cl2N2O5S. The van der Waals surface area contributed by atoms with Gasteiger partial charge in [0.2, 0.25) is 0 Å². The molecule has 5 N–H and O–H groups in total. The lowest BCUT2D eigenvalue weighted by atomic mass is 9.92. The summed E-state index contributed by atoms with van der Waals surface area (Å²) in [5, 5.41) is 33.1. The molecule has 1 amide bonds. The van der Waals surface area contributed by atoms with Crippen molar-refractivity contribution < 1.29 is 42.2 Å². The molecule has 0 aromatic carbocycles. The number of hydrogen-bond acceptors (Lipinski definition) is 6. The number of likely N-dealkylation sites (N-methyl/N-ethyl adjacent to an activating group) is 1. The molecule has 0 aromatic heterocycles. The van der Waals surface area contributed by atoms with Crippen molar-refractivity contribution in [1.82, 2.24) is 5.32 Å². The Bertz CT molecular complexity index is 503. The Labute approximate surface area is 182 Å². The minimum atomic E-state index is -1.36. The normalized spacial score (nSPS) is 40.4. The smallest absolute Gasteiger partial charge is 0.278 e. The number of hydrogen-bond donors (Lipinski definition) is 5. The van der Waals surface area contributed by atoms with Crippen molar-refractivity contribution in [3.63, 3.8) is 0 Å². The minimum Gasteiger partial charge on any atom is -1.00 e. The van der Waals surface area contributed by atoms with Crippen molar-refractivity contribution in [3.8, 4) is 0 Å². The first-order valence-electron chi connectivity index (χ1n) is 9.70. The molecule has 0 spiro atoms. The molecule has 0 saturated carbocycles. The van der Waals surface area contributed by atoms with Crippen LogP contribution in [0.5, 0.6) is 0 Å². The Hall–Kier alpha value is 0.200. The summed E-state index contributed by atoms with van der Waals surface area (Å²) in [7, 11) is 2.02. The number of ether oxygens (including phenoxy) is 1. The van der Waals surface area contributed by atoms with Crippen LogP contribution < -0.4 is 22.6 Å². The van der Waals surface area contributed by atoms with E-state index in [0.717, 1.165) is 25.8 Å². The minimum absolute atomic E-state index is 0. The highest BCUT2D eigenvalue weighted by Gasteiger charge is 2.49. The van der Waals surface area contributed by atoms with Gasteiger partial charge in [-0.2, -0.15) is 0 Å². The molecule has 10 heteroatoms. The van der Waals surface area contributed by atoms with Crippen molar-refractivity contribution >= 4 is 29.3 Å². The van der Waals surface area contributed by atoms with E-state index in [-0.39, 0.29) is 24.4 Å². The Morgan fingerprint density at radius 1 is 1.32 bits per heavy atom. The van der Waals surface area contributed by atoms with Crippen LogP contribution in [0.3, 0.4) is 0 Å². The van der Waals surface area contributed by atoms with Gasteiger partial charge in [0, 0.05) is 12.3 Å². The SMILES string of the molecule is CCCC1C[C@H](C(=O)NC(C2O[C@H](SC)C(O)C(O)[C@H]2O)[C@H](C)Cl)[NH+](C)C1.[Cl-]. The highest BCUT2D eigenvalue weighted by Crippen LogP contribution is 2.30. The molecule has 6 unspecified atom stereocenters. The van der Waals surface area contributed by atoms with Gasteiger partial charge in [0.1, 0.15) is 29.9 Å². The molecule has 7 nitrogen and oxygen atoms in total. The second kappa shape index (κ2) is 11.6. The predicted octanol–water partition coefficient (Wildman–Crippen LogP) is -4.02. The van der Waals surface area contributed by atoms with Crippen LogP contribution in [0.2, 0.25) is 0 Å². The summed E-state index contributed by atoms with van der Waals surface area (Å²) in [6.45, 7) is 4.84. The van der Waals surface area contributed by atoms with Crippen LogP contribution in [0, 0.1) is 5.92 Å². The second-order valence-corrected chi connectivity index (χ2v) is 9.51. The van der Waals surface area contributed by atoms with E-state index < -0.39 is 41.3 Å². The summed E-state index contributed by atoms with van der Waals surface area (Å²) in [5.74, 6) is 0.424. The van der Waals surface area contributed by atoms with Crippen LogP contribution in [0.1, 0.15) is 33.1 Å². The number of thioether (sulfide) groups is 1. The number of quaternary nitrogens is 1. The average Bonchev–Trinajstić information content (AvgIpc) is 2.99. The fourth-order valence-corrected chi connectivity index (χ4v) is 5.15. The number of rotatable bonds is 7. The van der Waals surface area contributed by atoms with Crippen LogP contribution in [0.4, 0.5) is 0 Å². The number of nitrogens with one attached hydrogen (secondary N) is 2. The number of alkyl halides is 1. The van der Waals surface area contributed by atoms with Crippen molar-refractivity contribution in [1.29, 1.82) is 0 Å². The van der Waals surface area contributed by atoms with Gasteiger partial charge in [0.15, 0.2) is 6.04 Å². The maximum Gasteiger partial charge on any atom is 0.278 e. The van der Waals surface area contributed by atoms with Crippen molar-refractivity contribution in [2.75, 3.05) is 19.8 Å². The third-order valence-electron chi connectivity index (χ3n) is 5.78. The predicted molar refractivity (Wildman–Crippen MR) is 106 cm³/mol. The zero-order valence-electron chi connectivity index (χ0n) is 16.8. The highest BCUT2D eigenvalue weighted by molar-refractivity contribution is 7.99. The first kappa shape index (κ1) is 26.2. The van der Waals surface area contributed by atoms with Crippen LogP contribution >= 0.6 is 23.4 Å². The monoisotopic (exact) mass is 460 g/mol. The van der Waals surface area contributed by atoms with Crippen molar-refractivity contribution in [2.24, 2.45) is 5.92 Å². The fourth-order valence-electron chi connectivity index (χ4n) is 4.26. The van der Waals surface area contributed by atoms with Gasteiger partial charge in [0.05, 0.1) is 25.0 Å². The summed E-state index contributed by atoms with van der Waals surface area (Å²) in [6, 6.07) is -0.837. The molecule has 2 heterocycles. The molecule has 28 heavy (non-hydrogen) atoms. The summed E-state index contributed by atoms with van der Waals surface area (Å²) >= 11 is 7.56. The van der Waals surface area contributed by atoms with Crippen LogP contribution in [0.15, 0.2) is 0 Å². The largest absolute Gasteiger partial charge is 1.00 e. The number of carbonyl (C=O) groups is 1. The average molecular weight is 461 g/mol. The van der Waals surface area contributed by atoms with Gasteiger partial charge in [-0.25, -0.2) is 0 Å². The van der Waals surface area contributed by atoms with E-state index in [1.165, 1.54) is 16.7 Å². The quantitative estimate of drug-likeness (QED) is 0.248. The number of likely N-dealkylation sites (tertiary alicyclic amines) is 1. The molecule has 10 atom stereocenters. The third kappa shape index (κ3) is 5.88. The zero-order chi connectivity index (χ0) is 20.3. The molecule has 166 valence electrons. The molecule has 0 bridgehead atoms. The fraction of sp³-hybridized carbons (Fsp3) is 0.944. The maximum atomic E-state index is 12.9. The van der Waals surface area contributed by atoms with Gasteiger partial charge in [-0.3, -0.25) is 4.79 Å². The van der Waals surface area contributed by atoms with E-state index in [1.807, 2.05) is 7.05 Å². The molecular weight excluding hydrogens is 427 g/mol. The molecule has 0 aromatic rings. The van der Waals surface area contributed by atoms with E-state index >= 15 is 0 Å². The molecule has 0 radical (unpaired) electrons. The highest BCUT2D eigenvalue weighted by atomic mass is 35.5. The third-order valence-corrected chi connectivity index (χ3v) is 6.91. The molecule has 2 saturated heterocycles. The number of amides is 1. The van der Waals surface area contributed by atoms with E-state index in [4.69, 9.17) is 16.3 Å². The van der Waals surface area contributed by atoms with Gasteiger partial charge in [-0.15, -0.1) is 23.4 Å². The molecule has 2 aliphatic heterocycles. The number of aliphatic hydroxyl groups excluding tert-OH is 3. The Morgan fingerprint density at radius 3 is 2.50 bits per heavy atom. The van der Waals surface area contributed by atoms with E-state index in [0.29, 0.717) is 5.92 Å². The summed E-state index contributed by atoms with van der Waals surface area (Å²) in [4.78, 5) is 14.1. The van der Waals surface area contributed by atoms with Crippen LogP contribution in [-0.2, 0) is 9.53 Å². The topological polar surface area (TPSA) is 103 Å². The van der Waals surface area contributed by atoms with E-state index in [1.54, 1.807) is 13.2 Å². The van der Waals surface area contributed by atoms with E-state index in [2.05, 4.69) is 12.2 Å². The second-order valence-electron chi connectivity index (χ2n) is 7.88. The number of aliphatic hydroxyl groups is 3. The van der Waals surface area contributed by atoms with E-state index in [9.17, 15) is 20.1 Å². The maximum absolute atomic E-state index is 12.9. The van der Waals surface area contributed by atoms with Gasteiger partial charge < -0.3 is 42.7 Å². The van der Waals surface area contributed by atoms with Gasteiger partial charge in [0.25, 0.3) is 5.91 Å². The zero-order valence-corrected chi connectivity index (χ0v) is 19.2. The molecule has 2 fully saturated rings. The molecule has 0 aliphatic carbocycles. The number of carbonyl (C=O) groups excluding carboxylic acids is 1. The van der Waals surface area contributed by atoms with Crippen molar-refractivity contribution in [3.05, 3.63) is 0 Å². The Kier molecular flexibility index (Phi) is 10.8. The summed E-state index contributed by atoms with van der Waals surface area (Å²) in [6.07, 6.45) is 0.00196. The Balaban J connectivity index is 0.00000392. The first-order valence-corrected chi connectivity index (χ1v) is 11.4. The van der Waals surface area contributed by atoms with Gasteiger partial charge in [-0.1, -0.05) is 13.3 Å². The number of halogens is 2. The molecule has 2 rings (SSSR count). The first-order chi connectivity index (χ1) is 12.7. The van der Waals surface area contributed by atoms with Gasteiger partial charge in [-0.05, 0) is 19.6 Å². The lowest BCUT2D eigenvalue weighted by molar-refractivity contribution is -0.884. The lowest BCUT2D eigenvalue weighted by Gasteiger charge is -2.44. The summed E-state index contributed by atoms with van der Waals surface area (Å²) in [5.41, 5.74) is -0.697. The lowest BCUT2D eigenvalue weighted by Crippen LogP contribution is -3.12. The van der Waals surface area contributed by atoms with Crippen molar-refractivity contribution in [2.45, 2.75) is 80.4 Å². The standard InChI is InChI=1S/C18H33ClN2O5S.ClH/c1-5-6-10-7-11(21(3)8-10)17(25)20-12(9(2)19)16-14(23)13(22)15(24)18(26-16)27-4;/h9-16,18,22-24H,5-8H2,1-4H3,(H,20,25);1H/t9-,10?,11+,12?,13?,14+,15?,16?,18+;/m0./s1. The van der Waals surface area contributed by atoms with Crippen LogP contribution in [-0.4, -0.2) is 88.4 Å². The van der Waals surface area contributed by atoms with Gasteiger partial charge >= 0.3 is 0 Å².